The van der Waals surface area contributed by atoms with Crippen LogP contribution in [0, 0.1) is 5.92 Å². The molecule has 0 nitrogen and oxygen atoms in total. The maximum Gasteiger partial charge on any atom is 0.267 e. The first kappa shape index (κ1) is 11.5. The standard InChI is InChI=1S/C4H9.2C3H7.Al/c1-4(2)3;2*1-3-2;/h4H,1H2,2-3H3;2*3H,1-2H3;. The van der Waals surface area contributed by atoms with E-state index in [1.54, 1.807) is 0 Å². The van der Waals surface area contributed by atoms with Crippen LogP contribution in [0.15, 0.2) is 0 Å². The van der Waals surface area contributed by atoms with Crippen molar-refractivity contribution in [3.63, 3.8) is 0 Å². The molecule has 0 aliphatic heterocycles. The average molecular weight is 170 g/mol. The van der Waals surface area contributed by atoms with Crippen LogP contribution in [0.3, 0.4) is 0 Å². The Morgan fingerprint density at radius 1 is 0.818 bits per heavy atom. The van der Waals surface area contributed by atoms with Crippen molar-refractivity contribution in [2.45, 2.75) is 56.4 Å². The van der Waals surface area contributed by atoms with E-state index in [0.29, 0.717) is 0 Å². The van der Waals surface area contributed by atoms with Crippen molar-refractivity contribution in [3.05, 3.63) is 0 Å². The molecule has 0 amide bonds. The van der Waals surface area contributed by atoms with E-state index in [1.165, 1.54) is 5.28 Å². The van der Waals surface area contributed by atoms with Crippen molar-refractivity contribution < 1.29 is 0 Å². The molecule has 0 spiro atoms. The van der Waals surface area contributed by atoms with Gasteiger partial charge in [0.25, 0.3) is 14.1 Å². The fourth-order valence-electron chi connectivity index (χ4n) is 1.86. The Balaban J connectivity index is 3.90. The third-order valence-electron chi connectivity index (χ3n) is 2.46. The lowest BCUT2D eigenvalue weighted by molar-refractivity contribution is 0.706. The molecule has 0 aromatic carbocycles. The van der Waals surface area contributed by atoms with Crippen molar-refractivity contribution in [1.29, 1.82) is 0 Å². The van der Waals surface area contributed by atoms with Gasteiger partial charge in [-0.3, -0.25) is 0 Å². The van der Waals surface area contributed by atoms with Gasteiger partial charge in [0.2, 0.25) is 0 Å². The maximum absolute atomic E-state index is 2.40. The van der Waals surface area contributed by atoms with E-state index in [1.807, 2.05) is 0 Å². The molecule has 0 rings (SSSR count). The second-order valence-electron chi connectivity index (χ2n) is 4.78. The van der Waals surface area contributed by atoms with Gasteiger partial charge in [0.15, 0.2) is 0 Å². The zero-order chi connectivity index (χ0) is 9.02. The third-order valence-corrected chi connectivity index (χ3v) is 7.37. The lowest BCUT2D eigenvalue weighted by Crippen LogP contribution is -2.22. The van der Waals surface area contributed by atoms with Crippen LogP contribution in [0.1, 0.15) is 41.5 Å². The molecule has 66 valence electrons. The van der Waals surface area contributed by atoms with E-state index in [2.05, 4.69) is 41.5 Å². The summed E-state index contributed by atoms with van der Waals surface area (Å²) in [6.45, 7) is 14.3. The summed E-state index contributed by atoms with van der Waals surface area (Å²) >= 11 is -0.438. The first-order valence-corrected chi connectivity index (χ1v) is 7.10. The van der Waals surface area contributed by atoms with E-state index < -0.39 is 14.1 Å². The molecule has 1 heteroatoms. The first-order chi connectivity index (χ1) is 4.95. The summed E-state index contributed by atoms with van der Waals surface area (Å²) in [6.07, 6.45) is 0. The van der Waals surface area contributed by atoms with Gasteiger partial charge in [-0.1, -0.05) is 62.3 Å². The molecule has 0 aromatic heterocycles. The Labute approximate surface area is 76.8 Å². The van der Waals surface area contributed by atoms with Crippen LogP contribution in [0.2, 0.25) is 14.8 Å². The van der Waals surface area contributed by atoms with E-state index in [4.69, 9.17) is 0 Å². The largest absolute Gasteiger partial charge is 0.267 e. The topological polar surface area (TPSA) is 0 Å². The summed E-state index contributed by atoms with van der Waals surface area (Å²) < 4.78 is 1.97. The van der Waals surface area contributed by atoms with Crippen LogP contribution in [-0.2, 0) is 0 Å². The predicted octanol–water partition coefficient (Wildman–Crippen LogP) is 3.96. The highest BCUT2D eigenvalue weighted by atomic mass is 27.2. The van der Waals surface area contributed by atoms with Crippen molar-refractivity contribution >= 4 is 14.1 Å². The first-order valence-electron chi connectivity index (χ1n) is 4.95. The summed E-state index contributed by atoms with van der Waals surface area (Å²) in [6, 6.07) is 0. The van der Waals surface area contributed by atoms with Gasteiger partial charge in [-0.15, -0.1) is 0 Å². The Morgan fingerprint density at radius 3 is 1.27 bits per heavy atom. The van der Waals surface area contributed by atoms with Crippen molar-refractivity contribution in [2.24, 2.45) is 5.92 Å². The highest BCUT2D eigenvalue weighted by Crippen LogP contribution is 2.26. The quantitative estimate of drug-likeness (QED) is 0.560. The van der Waals surface area contributed by atoms with Gasteiger partial charge >= 0.3 is 0 Å². The van der Waals surface area contributed by atoms with Gasteiger partial charge in [-0.25, -0.2) is 0 Å². The molecule has 0 saturated heterocycles. The molecule has 0 aliphatic rings. The molecule has 0 saturated carbocycles. The summed E-state index contributed by atoms with van der Waals surface area (Å²) in [5, 5.41) is 1.52. The van der Waals surface area contributed by atoms with Crippen LogP contribution >= 0.6 is 0 Å². The number of hydrogen-bond donors (Lipinski definition) is 0. The van der Waals surface area contributed by atoms with Gasteiger partial charge in [-0.05, 0) is 0 Å². The fraction of sp³-hybridized carbons (Fsp3) is 1.00. The molecule has 0 fully saturated rings. The highest BCUT2D eigenvalue weighted by molar-refractivity contribution is 6.61. The van der Waals surface area contributed by atoms with E-state index in [0.717, 1.165) is 15.5 Å². The smallest absolute Gasteiger partial charge is 0.0912 e. The zero-order valence-corrected chi connectivity index (χ0v) is 10.2. The molecule has 0 bridgehead atoms. The normalized spacial score (nSPS) is 11.7. The Kier molecular flexibility index (Phi) is 5.48. The molecular formula is C10H23Al. The van der Waals surface area contributed by atoms with Crippen LogP contribution in [-0.4, -0.2) is 14.1 Å². The van der Waals surface area contributed by atoms with Crippen LogP contribution in [0.25, 0.3) is 0 Å². The molecule has 0 aliphatic carbocycles. The Morgan fingerprint density at radius 2 is 1.18 bits per heavy atom. The minimum absolute atomic E-state index is 0.438. The van der Waals surface area contributed by atoms with E-state index in [-0.39, 0.29) is 0 Å². The van der Waals surface area contributed by atoms with Crippen LogP contribution in [0.5, 0.6) is 0 Å². The van der Waals surface area contributed by atoms with Crippen molar-refractivity contribution in [3.8, 4) is 0 Å². The van der Waals surface area contributed by atoms with E-state index >= 15 is 0 Å². The Bertz CT molecular complexity index is 87.0. The highest BCUT2D eigenvalue weighted by Gasteiger charge is 2.25. The lowest BCUT2D eigenvalue weighted by Gasteiger charge is -2.20. The summed E-state index contributed by atoms with van der Waals surface area (Å²) in [4.78, 5) is 0. The second kappa shape index (κ2) is 5.23. The van der Waals surface area contributed by atoms with Crippen molar-refractivity contribution in [2.75, 3.05) is 0 Å². The van der Waals surface area contributed by atoms with E-state index in [9.17, 15) is 0 Å². The molecule has 0 radical (unpaired) electrons. The maximum atomic E-state index is 2.40. The summed E-state index contributed by atoms with van der Waals surface area (Å²) in [7, 11) is 0. The third kappa shape index (κ3) is 4.88. The minimum Gasteiger partial charge on any atom is -0.0912 e. The lowest BCUT2D eigenvalue weighted by atomic mass is 10.3. The van der Waals surface area contributed by atoms with Gasteiger partial charge in [-0.2, -0.15) is 0 Å². The average Bonchev–Trinajstić information content (AvgIpc) is 1.81. The predicted molar refractivity (Wildman–Crippen MR) is 55.6 cm³/mol. The van der Waals surface area contributed by atoms with Gasteiger partial charge in [0.1, 0.15) is 0 Å². The van der Waals surface area contributed by atoms with Gasteiger partial charge in [0.05, 0.1) is 0 Å². The number of hydrogen-bond acceptors (Lipinski definition) is 0. The Hall–Kier alpha value is 0.532. The second-order valence-corrected chi connectivity index (χ2v) is 9.25. The summed E-state index contributed by atoms with van der Waals surface area (Å²) in [5.41, 5.74) is 0. The molecule has 0 unspecified atom stereocenters. The molecule has 0 N–H and O–H groups in total. The monoisotopic (exact) mass is 170 g/mol. The van der Waals surface area contributed by atoms with Gasteiger partial charge in [0, 0.05) is 0 Å². The summed E-state index contributed by atoms with van der Waals surface area (Å²) in [5.74, 6) is 0.913. The zero-order valence-electron chi connectivity index (χ0n) is 9.02. The fourth-order valence-corrected chi connectivity index (χ4v) is 5.58. The SMILES string of the molecule is CC(C)[CH2][Al]([CH](C)C)[CH](C)C. The van der Waals surface area contributed by atoms with Gasteiger partial charge < -0.3 is 0 Å². The van der Waals surface area contributed by atoms with Crippen molar-refractivity contribution in [1.82, 2.24) is 0 Å². The minimum atomic E-state index is -0.438. The molecular weight excluding hydrogens is 147 g/mol. The van der Waals surface area contributed by atoms with Crippen LogP contribution < -0.4 is 0 Å². The molecule has 0 aromatic rings. The molecule has 0 atom stereocenters. The molecule has 11 heavy (non-hydrogen) atoms. The number of rotatable bonds is 4. The molecule has 0 heterocycles. The van der Waals surface area contributed by atoms with Crippen LogP contribution in [0.4, 0.5) is 0 Å².